The first-order valence-electron chi connectivity index (χ1n) is 7.41. The molecule has 1 aromatic heterocycles. The smallest absolute Gasteiger partial charge is 0.243 e. The van der Waals surface area contributed by atoms with Gasteiger partial charge in [-0.05, 0) is 13.0 Å². The van der Waals surface area contributed by atoms with Crippen molar-refractivity contribution in [1.82, 2.24) is 20.0 Å². The molecule has 2 heterocycles. The van der Waals surface area contributed by atoms with E-state index in [1.807, 2.05) is 36.4 Å². The van der Waals surface area contributed by atoms with Crippen LogP contribution in [0, 0.1) is 0 Å². The Labute approximate surface area is 147 Å². The van der Waals surface area contributed by atoms with Gasteiger partial charge in [-0.1, -0.05) is 42.0 Å². The lowest BCUT2D eigenvalue weighted by molar-refractivity contribution is 0.581. The molecule has 128 valence electrons. The first kappa shape index (κ1) is 18.5. The van der Waals surface area contributed by atoms with Gasteiger partial charge >= 0.3 is 0 Å². The van der Waals surface area contributed by atoms with E-state index in [0.717, 1.165) is 30.6 Å². The lowest BCUT2D eigenvalue weighted by Crippen LogP contribution is -2.29. The van der Waals surface area contributed by atoms with Gasteiger partial charge in [-0.3, -0.25) is 0 Å². The molecule has 3 rings (SSSR count). The van der Waals surface area contributed by atoms with Crippen molar-refractivity contribution in [3.05, 3.63) is 54.4 Å². The summed E-state index contributed by atoms with van der Waals surface area (Å²) in [6.45, 7) is 1.98. The molecular weight excluding hydrogens is 348 g/mol. The van der Waals surface area contributed by atoms with Gasteiger partial charge in [0.25, 0.3) is 0 Å². The lowest BCUT2D eigenvalue weighted by atomic mass is 10.1. The summed E-state index contributed by atoms with van der Waals surface area (Å²) >= 11 is 0. The van der Waals surface area contributed by atoms with E-state index in [1.165, 1.54) is 12.4 Å². The van der Waals surface area contributed by atoms with Crippen LogP contribution in [0.4, 0.5) is 0 Å². The summed E-state index contributed by atoms with van der Waals surface area (Å²) in [5.74, 6) is 0.505. The van der Waals surface area contributed by atoms with Crippen LogP contribution in [0.2, 0.25) is 0 Å². The maximum Gasteiger partial charge on any atom is 0.243 e. The first-order chi connectivity index (χ1) is 11.1. The van der Waals surface area contributed by atoms with Crippen molar-refractivity contribution < 1.29 is 8.42 Å². The quantitative estimate of drug-likeness (QED) is 0.788. The summed E-state index contributed by atoms with van der Waals surface area (Å²) < 4.78 is 27.2. The van der Waals surface area contributed by atoms with E-state index in [9.17, 15) is 8.42 Å². The van der Waals surface area contributed by atoms with Crippen LogP contribution in [0.5, 0.6) is 0 Å². The fourth-order valence-corrected chi connectivity index (χ4v) is 3.22. The third-order valence-electron chi connectivity index (χ3n) is 3.62. The van der Waals surface area contributed by atoms with E-state index in [0.29, 0.717) is 12.4 Å². The molecule has 1 aromatic carbocycles. The minimum Gasteiger partial charge on any atom is -0.313 e. The molecule has 0 unspecified atom stereocenters. The highest BCUT2D eigenvalue weighted by Gasteiger charge is 2.16. The normalized spacial score (nSPS) is 14.6. The van der Waals surface area contributed by atoms with Crippen molar-refractivity contribution in [2.45, 2.75) is 11.3 Å². The summed E-state index contributed by atoms with van der Waals surface area (Å²) in [7, 11) is -3.59. The van der Waals surface area contributed by atoms with Crippen molar-refractivity contribution in [3.63, 3.8) is 0 Å². The van der Waals surface area contributed by atoms with Crippen LogP contribution < -0.4 is 10.0 Å². The Kier molecular flexibility index (Phi) is 6.44. The Hall–Kier alpha value is -1.80. The molecule has 0 saturated heterocycles. The molecule has 0 fully saturated rings. The molecule has 2 N–H and O–H groups in total. The van der Waals surface area contributed by atoms with Crippen LogP contribution in [0.3, 0.4) is 0 Å². The number of rotatable bonds is 5. The standard InChI is InChI=1S/C16H18N4O2S.ClH/c21-23(22,20-10-13-6-8-17-9-7-13)15-11-18-16(19-12-15)14-4-2-1-3-5-14;/h1-6,11-12,17,20H,7-10H2;1H. The zero-order valence-electron chi connectivity index (χ0n) is 13.0. The highest BCUT2D eigenvalue weighted by Crippen LogP contribution is 2.15. The van der Waals surface area contributed by atoms with Gasteiger partial charge in [-0.15, -0.1) is 12.4 Å². The van der Waals surface area contributed by atoms with Gasteiger partial charge in [0.2, 0.25) is 10.0 Å². The second kappa shape index (κ2) is 8.34. The monoisotopic (exact) mass is 366 g/mol. The Morgan fingerprint density at radius 2 is 1.83 bits per heavy atom. The van der Waals surface area contributed by atoms with E-state index >= 15 is 0 Å². The number of nitrogens with one attached hydrogen (secondary N) is 2. The number of hydrogen-bond donors (Lipinski definition) is 2. The molecule has 0 amide bonds. The molecule has 8 heteroatoms. The molecule has 0 aliphatic carbocycles. The van der Waals surface area contributed by atoms with Crippen molar-refractivity contribution in [1.29, 1.82) is 0 Å². The topological polar surface area (TPSA) is 84.0 Å². The van der Waals surface area contributed by atoms with Gasteiger partial charge in [0.15, 0.2) is 5.82 Å². The van der Waals surface area contributed by atoms with E-state index < -0.39 is 10.0 Å². The predicted octanol–water partition coefficient (Wildman–Crippen LogP) is 1.76. The van der Waals surface area contributed by atoms with Crippen LogP contribution in [-0.4, -0.2) is 38.0 Å². The van der Waals surface area contributed by atoms with E-state index in [4.69, 9.17) is 0 Å². The summed E-state index contributed by atoms with van der Waals surface area (Å²) in [5.41, 5.74) is 1.94. The lowest BCUT2D eigenvalue weighted by Gasteiger charge is -2.14. The van der Waals surface area contributed by atoms with E-state index in [-0.39, 0.29) is 17.3 Å². The largest absolute Gasteiger partial charge is 0.313 e. The SMILES string of the molecule is Cl.O=S(=O)(NCC1=CCNCC1)c1cnc(-c2ccccc2)nc1. The zero-order chi connectivity index (χ0) is 16.1. The second-order valence-electron chi connectivity index (χ2n) is 5.25. The molecule has 2 aromatic rings. The van der Waals surface area contributed by atoms with Crippen LogP contribution in [0.15, 0.2) is 59.3 Å². The minimum absolute atomic E-state index is 0. The van der Waals surface area contributed by atoms with Crippen LogP contribution in [-0.2, 0) is 10.0 Å². The molecule has 1 aliphatic rings. The predicted molar refractivity (Wildman–Crippen MR) is 95.5 cm³/mol. The number of nitrogens with zero attached hydrogens (tertiary/aromatic N) is 2. The third-order valence-corrected chi connectivity index (χ3v) is 4.97. The van der Waals surface area contributed by atoms with Crippen molar-refractivity contribution in [2.75, 3.05) is 19.6 Å². The number of halogens is 1. The molecule has 0 spiro atoms. The van der Waals surface area contributed by atoms with Gasteiger partial charge in [-0.2, -0.15) is 0 Å². The highest BCUT2D eigenvalue weighted by atomic mass is 35.5. The number of benzene rings is 1. The minimum atomic E-state index is -3.59. The number of sulfonamides is 1. The summed E-state index contributed by atoms with van der Waals surface area (Å²) in [6.07, 6.45) is 5.55. The fraction of sp³-hybridized carbons (Fsp3) is 0.250. The molecule has 0 radical (unpaired) electrons. The molecular formula is C16H19ClN4O2S. The summed E-state index contributed by atoms with van der Waals surface area (Å²) in [5, 5.41) is 3.19. The molecule has 1 aliphatic heterocycles. The van der Waals surface area contributed by atoms with Gasteiger partial charge < -0.3 is 5.32 Å². The fourth-order valence-electron chi connectivity index (χ4n) is 2.29. The molecule has 24 heavy (non-hydrogen) atoms. The summed E-state index contributed by atoms with van der Waals surface area (Å²) in [4.78, 5) is 8.39. The van der Waals surface area contributed by atoms with Crippen LogP contribution in [0.25, 0.3) is 11.4 Å². The molecule has 0 bridgehead atoms. The van der Waals surface area contributed by atoms with Crippen molar-refractivity contribution >= 4 is 22.4 Å². The highest BCUT2D eigenvalue weighted by molar-refractivity contribution is 7.89. The average molecular weight is 367 g/mol. The molecule has 6 nitrogen and oxygen atoms in total. The summed E-state index contributed by atoms with van der Waals surface area (Å²) in [6, 6.07) is 9.44. The third kappa shape index (κ3) is 4.61. The molecule has 0 saturated carbocycles. The second-order valence-corrected chi connectivity index (χ2v) is 7.02. The maximum absolute atomic E-state index is 12.3. The Morgan fingerprint density at radius 1 is 1.12 bits per heavy atom. The number of hydrogen-bond acceptors (Lipinski definition) is 5. The van der Waals surface area contributed by atoms with Gasteiger partial charge in [0.1, 0.15) is 4.90 Å². The van der Waals surface area contributed by atoms with Gasteiger partial charge in [0, 0.05) is 18.7 Å². The Morgan fingerprint density at radius 3 is 2.46 bits per heavy atom. The van der Waals surface area contributed by atoms with E-state index in [2.05, 4.69) is 20.0 Å². The first-order valence-corrected chi connectivity index (χ1v) is 8.89. The number of aromatic nitrogens is 2. The Bertz CT molecular complexity index is 793. The van der Waals surface area contributed by atoms with Gasteiger partial charge in [0.05, 0.1) is 12.4 Å². The maximum atomic E-state index is 12.3. The van der Waals surface area contributed by atoms with Crippen molar-refractivity contribution in [2.24, 2.45) is 0 Å². The Balaban J connectivity index is 0.00000208. The molecule has 0 atom stereocenters. The van der Waals surface area contributed by atoms with E-state index in [1.54, 1.807) is 0 Å². The van der Waals surface area contributed by atoms with Gasteiger partial charge in [-0.25, -0.2) is 23.1 Å². The zero-order valence-corrected chi connectivity index (χ0v) is 14.6. The van der Waals surface area contributed by atoms with Crippen molar-refractivity contribution in [3.8, 4) is 11.4 Å². The average Bonchev–Trinajstić information content (AvgIpc) is 2.62. The van der Waals surface area contributed by atoms with Crippen LogP contribution in [0.1, 0.15) is 6.42 Å². The van der Waals surface area contributed by atoms with Crippen LogP contribution >= 0.6 is 12.4 Å².